The average molecular weight is 340 g/mol. The Morgan fingerprint density at radius 3 is 1.71 bits per heavy atom. The first kappa shape index (κ1) is 21.9. The lowest BCUT2D eigenvalue weighted by Gasteiger charge is -2.47. The molecule has 1 saturated heterocycles. The summed E-state index contributed by atoms with van der Waals surface area (Å²) in [6.45, 7) is 29.4. The van der Waals surface area contributed by atoms with Crippen molar-refractivity contribution in [1.29, 1.82) is 0 Å². The highest BCUT2D eigenvalue weighted by molar-refractivity contribution is 4.89. The maximum Gasteiger partial charge on any atom is 0.0483 e. The predicted octanol–water partition coefficient (Wildman–Crippen LogP) is 4.44. The molecule has 0 aromatic carbocycles. The van der Waals surface area contributed by atoms with Crippen LogP contribution in [0.1, 0.15) is 75.7 Å². The van der Waals surface area contributed by atoms with Gasteiger partial charge in [-0.2, -0.15) is 0 Å². The topological polar surface area (TPSA) is 18.5 Å². The highest BCUT2D eigenvalue weighted by atomic mass is 15.3. The van der Waals surface area contributed by atoms with Gasteiger partial charge in [0.05, 0.1) is 0 Å². The van der Waals surface area contributed by atoms with E-state index in [0.717, 1.165) is 12.6 Å². The number of piperazine rings is 1. The Hall–Kier alpha value is -0.120. The summed E-state index contributed by atoms with van der Waals surface area (Å²) in [5, 5.41) is 3.71. The van der Waals surface area contributed by atoms with E-state index in [1.54, 1.807) is 0 Å². The largest absolute Gasteiger partial charge is 0.301 e. The molecular weight excluding hydrogens is 294 g/mol. The zero-order valence-electron chi connectivity index (χ0n) is 18.3. The molecule has 0 aromatic heterocycles. The van der Waals surface area contributed by atoms with Gasteiger partial charge in [-0.15, -0.1) is 0 Å². The maximum absolute atomic E-state index is 3.71. The number of nitrogens with zero attached hydrogens (tertiary/aromatic N) is 2. The minimum absolute atomic E-state index is 0.297. The minimum Gasteiger partial charge on any atom is -0.301 e. The van der Waals surface area contributed by atoms with Crippen LogP contribution in [0.4, 0.5) is 0 Å². The van der Waals surface area contributed by atoms with E-state index in [-0.39, 0.29) is 0 Å². The van der Waals surface area contributed by atoms with Crippen molar-refractivity contribution >= 4 is 0 Å². The van der Waals surface area contributed by atoms with Crippen LogP contribution in [-0.4, -0.2) is 54.2 Å². The number of hydrogen-bond acceptors (Lipinski definition) is 3. The molecule has 0 amide bonds. The second-order valence-electron chi connectivity index (χ2n) is 10.8. The quantitative estimate of drug-likeness (QED) is 0.772. The van der Waals surface area contributed by atoms with Crippen LogP contribution in [0.5, 0.6) is 0 Å². The van der Waals surface area contributed by atoms with Crippen molar-refractivity contribution in [2.75, 3.05) is 32.8 Å². The Bertz CT molecular complexity index is 368. The van der Waals surface area contributed by atoms with Crippen molar-refractivity contribution in [1.82, 2.24) is 15.1 Å². The summed E-state index contributed by atoms with van der Waals surface area (Å²) in [4.78, 5) is 5.28. The molecule has 3 heteroatoms. The van der Waals surface area contributed by atoms with Gasteiger partial charge in [-0.1, -0.05) is 48.5 Å². The fourth-order valence-electron chi connectivity index (χ4n) is 3.27. The first-order valence-electron chi connectivity index (χ1n) is 9.94. The van der Waals surface area contributed by atoms with Crippen LogP contribution in [0.2, 0.25) is 0 Å². The number of nitrogens with one attached hydrogen (secondary N) is 1. The smallest absolute Gasteiger partial charge is 0.0483 e. The van der Waals surface area contributed by atoms with Crippen LogP contribution < -0.4 is 5.32 Å². The molecule has 1 N–H and O–H groups in total. The van der Waals surface area contributed by atoms with Gasteiger partial charge in [0, 0.05) is 44.4 Å². The monoisotopic (exact) mass is 339 g/mol. The lowest BCUT2D eigenvalue weighted by Crippen LogP contribution is -2.57. The molecule has 0 spiro atoms. The Morgan fingerprint density at radius 1 is 0.792 bits per heavy atom. The second-order valence-corrected chi connectivity index (χ2v) is 10.8. The van der Waals surface area contributed by atoms with Gasteiger partial charge in [0.25, 0.3) is 0 Å². The third-order valence-electron chi connectivity index (χ3n) is 6.43. The summed E-state index contributed by atoms with van der Waals surface area (Å²) in [6.07, 6.45) is 1.27. The summed E-state index contributed by atoms with van der Waals surface area (Å²) in [5.74, 6) is 0.736. The average Bonchev–Trinajstić information content (AvgIpc) is 2.42. The van der Waals surface area contributed by atoms with Gasteiger partial charge in [-0.25, -0.2) is 0 Å². The number of rotatable bonds is 6. The zero-order valence-corrected chi connectivity index (χ0v) is 18.3. The van der Waals surface area contributed by atoms with Crippen LogP contribution in [0.25, 0.3) is 0 Å². The summed E-state index contributed by atoms with van der Waals surface area (Å²) in [7, 11) is 0. The minimum atomic E-state index is 0.297. The van der Waals surface area contributed by atoms with Crippen molar-refractivity contribution in [3.8, 4) is 0 Å². The van der Waals surface area contributed by atoms with Crippen LogP contribution in [-0.2, 0) is 0 Å². The molecule has 2 unspecified atom stereocenters. The molecule has 1 aliphatic heterocycles. The van der Waals surface area contributed by atoms with Gasteiger partial charge >= 0.3 is 0 Å². The van der Waals surface area contributed by atoms with Gasteiger partial charge in [-0.3, -0.25) is 9.80 Å². The summed E-state index contributed by atoms with van der Waals surface area (Å²) >= 11 is 0. The van der Waals surface area contributed by atoms with Crippen molar-refractivity contribution in [3.05, 3.63) is 0 Å². The molecule has 24 heavy (non-hydrogen) atoms. The SMILES string of the molecule is CC(CC(C)(C)N1CCN(CNC(C)C(C)(C)C)CC1)C(C)(C)C. The van der Waals surface area contributed by atoms with E-state index < -0.39 is 0 Å². The lowest BCUT2D eigenvalue weighted by atomic mass is 9.75. The summed E-state index contributed by atoms with van der Waals surface area (Å²) < 4.78 is 0. The van der Waals surface area contributed by atoms with Gasteiger partial charge < -0.3 is 5.32 Å². The van der Waals surface area contributed by atoms with Crippen LogP contribution in [0, 0.1) is 16.7 Å². The van der Waals surface area contributed by atoms with E-state index in [9.17, 15) is 0 Å². The Kier molecular flexibility index (Phi) is 7.36. The maximum atomic E-state index is 3.71. The van der Waals surface area contributed by atoms with E-state index in [1.807, 2.05) is 0 Å². The van der Waals surface area contributed by atoms with Crippen LogP contribution in [0.15, 0.2) is 0 Å². The van der Waals surface area contributed by atoms with Crippen molar-refractivity contribution in [2.45, 2.75) is 87.2 Å². The normalized spacial score (nSPS) is 21.8. The highest BCUT2D eigenvalue weighted by Crippen LogP contribution is 2.34. The van der Waals surface area contributed by atoms with Gasteiger partial charge in [0.2, 0.25) is 0 Å². The first-order valence-corrected chi connectivity index (χ1v) is 9.94. The molecule has 3 nitrogen and oxygen atoms in total. The van der Waals surface area contributed by atoms with Crippen molar-refractivity contribution in [2.24, 2.45) is 16.7 Å². The molecule has 0 radical (unpaired) electrons. The first-order chi connectivity index (χ1) is 10.7. The molecule has 0 aromatic rings. The van der Waals surface area contributed by atoms with E-state index in [0.29, 0.717) is 22.4 Å². The molecule has 1 rings (SSSR count). The fourth-order valence-corrected chi connectivity index (χ4v) is 3.27. The molecule has 0 bridgehead atoms. The molecule has 1 heterocycles. The molecule has 2 atom stereocenters. The second kappa shape index (κ2) is 8.05. The molecule has 1 aliphatic rings. The zero-order chi connectivity index (χ0) is 18.8. The summed E-state index contributed by atoms with van der Waals surface area (Å²) in [5.41, 5.74) is 1.02. The Labute approximate surface area is 152 Å². The van der Waals surface area contributed by atoms with Crippen molar-refractivity contribution in [3.63, 3.8) is 0 Å². The van der Waals surface area contributed by atoms with Gasteiger partial charge in [0.15, 0.2) is 0 Å². The summed E-state index contributed by atoms with van der Waals surface area (Å²) in [6, 6.07) is 0.541. The fraction of sp³-hybridized carbons (Fsp3) is 1.00. The molecule has 144 valence electrons. The molecule has 1 fully saturated rings. The highest BCUT2D eigenvalue weighted by Gasteiger charge is 2.34. The lowest BCUT2D eigenvalue weighted by molar-refractivity contribution is 0.0228. The van der Waals surface area contributed by atoms with E-state index in [2.05, 4.69) is 84.4 Å². The van der Waals surface area contributed by atoms with Gasteiger partial charge in [-0.05, 0) is 43.9 Å². The van der Waals surface area contributed by atoms with Crippen LogP contribution in [0.3, 0.4) is 0 Å². The van der Waals surface area contributed by atoms with E-state index >= 15 is 0 Å². The van der Waals surface area contributed by atoms with E-state index in [1.165, 1.54) is 32.6 Å². The Balaban J connectivity index is 2.44. The third kappa shape index (κ3) is 6.65. The third-order valence-corrected chi connectivity index (χ3v) is 6.43. The standard InChI is InChI=1S/C21H45N3/c1-17(19(3,4)5)15-21(9,10)24-13-11-23(12-14-24)16-22-18(2)20(6,7)8/h17-18,22H,11-16H2,1-10H3. The Morgan fingerprint density at radius 2 is 1.29 bits per heavy atom. The van der Waals surface area contributed by atoms with E-state index in [4.69, 9.17) is 0 Å². The molecule has 0 saturated carbocycles. The number of hydrogen-bond donors (Lipinski definition) is 1. The molecular formula is C21H45N3. The van der Waals surface area contributed by atoms with Crippen molar-refractivity contribution < 1.29 is 0 Å². The van der Waals surface area contributed by atoms with Crippen LogP contribution >= 0.6 is 0 Å². The molecule has 0 aliphatic carbocycles. The predicted molar refractivity (Wildman–Crippen MR) is 107 cm³/mol. The van der Waals surface area contributed by atoms with Gasteiger partial charge in [0.1, 0.15) is 0 Å².